The van der Waals surface area contributed by atoms with E-state index in [2.05, 4.69) is 9.97 Å². The van der Waals surface area contributed by atoms with E-state index >= 15 is 0 Å². The molecule has 8 N–H and O–H groups in total. The van der Waals surface area contributed by atoms with Crippen molar-refractivity contribution in [3.63, 3.8) is 0 Å². The summed E-state index contributed by atoms with van der Waals surface area (Å²) in [4.78, 5) is 18.3. The van der Waals surface area contributed by atoms with Crippen molar-refractivity contribution in [2.24, 2.45) is 5.73 Å². The van der Waals surface area contributed by atoms with Crippen molar-refractivity contribution in [1.82, 2.24) is 14.5 Å². The molecule has 0 aliphatic carbocycles. The van der Waals surface area contributed by atoms with Crippen LogP contribution in [0.3, 0.4) is 0 Å². The topological polar surface area (TPSA) is 173 Å². The lowest BCUT2D eigenvalue weighted by atomic mass is 10.2. The van der Waals surface area contributed by atoms with Crippen LogP contribution in [0.2, 0.25) is 0 Å². The van der Waals surface area contributed by atoms with Gasteiger partial charge in [0.05, 0.1) is 12.0 Å². The lowest BCUT2D eigenvalue weighted by molar-refractivity contribution is -0.115. The number of aromatic amines is 1. The predicted molar refractivity (Wildman–Crippen MR) is 77.8 cm³/mol. The van der Waals surface area contributed by atoms with E-state index in [0.29, 0.717) is 5.56 Å². The summed E-state index contributed by atoms with van der Waals surface area (Å²) < 4.78 is 6.06. The Morgan fingerprint density at radius 2 is 2.18 bits per heavy atom. The Bertz CT molecular complexity index is 708. The van der Waals surface area contributed by atoms with Gasteiger partial charge in [-0.15, -0.1) is 0 Å². The molecule has 0 radical (unpaired) electrons. The number of ether oxygens (including phenoxy) is 1. The molecule has 0 amide bonds. The molecule has 10 heteroatoms. The smallest absolute Gasteiger partial charge is 0.262 e. The van der Waals surface area contributed by atoms with Crippen LogP contribution in [-0.2, 0) is 11.3 Å². The fourth-order valence-corrected chi connectivity index (χ4v) is 2.28. The first kappa shape index (κ1) is 16.4. The summed E-state index contributed by atoms with van der Waals surface area (Å²) in [7, 11) is 1.29. The minimum atomic E-state index is -1.51. The third-order valence-electron chi connectivity index (χ3n) is 3.45. The molecule has 0 fully saturated rings. The molecular weight excluding hydrogens is 294 g/mol. The average molecular weight is 313 g/mol. The number of hydrogen-bond donors (Lipinski definition) is 6. The Balaban J connectivity index is 2.58. The number of rotatable bonds is 6. The highest BCUT2D eigenvalue weighted by molar-refractivity contribution is 5.80. The lowest BCUT2D eigenvalue weighted by Crippen LogP contribution is -2.38. The van der Waals surface area contributed by atoms with Gasteiger partial charge in [-0.25, -0.2) is 0 Å². The third-order valence-corrected chi connectivity index (χ3v) is 3.45. The first-order valence-corrected chi connectivity index (χ1v) is 6.53. The second-order valence-corrected chi connectivity index (χ2v) is 4.78. The van der Waals surface area contributed by atoms with Gasteiger partial charge >= 0.3 is 0 Å². The second kappa shape index (κ2) is 6.42. The van der Waals surface area contributed by atoms with Gasteiger partial charge in [0, 0.05) is 19.9 Å². The molecule has 0 aliphatic heterocycles. The Morgan fingerprint density at radius 1 is 1.50 bits per heavy atom. The van der Waals surface area contributed by atoms with Gasteiger partial charge in [-0.1, -0.05) is 0 Å². The van der Waals surface area contributed by atoms with Crippen LogP contribution in [0.1, 0.15) is 11.8 Å². The number of aliphatic hydroxyl groups is 3. The Labute approximate surface area is 124 Å². The molecular formula is C12H19N5O5. The van der Waals surface area contributed by atoms with Crippen molar-refractivity contribution < 1.29 is 20.1 Å². The highest BCUT2D eigenvalue weighted by atomic mass is 16.5. The van der Waals surface area contributed by atoms with Crippen LogP contribution in [0.25, 0.3) is 11.0 Å². The quantitative estimate of drug-likeness (QED) is 0.343. The van der Waals surface area contributed by atoms with E-state index in [1.54, 1.807) is 0 Å². The van der Waals surface area contributed by atoms with Crippen LogP contribution in [0.15, 0.2) is 11.0 Å². The number of methoxy groups -OCH3 is 1. The third kappa shape index (κ3) is 2.69. The summed E-state index contributed by atoms with van der Waals surface area (Å²) in [6, 6.07) is 0. The monoisotopic (exact) mass is 313 g/mol. The molecule has 2 heterocycles. The van der Waals surface area contributed by atoms with Gasteiger partial charge in [0.2, 0.25) is 5.95 Å². The maximum Gasteiger partial charge on any atom is 0.262 e. The standard InChI is InChI=1S/C12H19N5O5/c1-22-6(4-18)8(19)11(21)17-3-5(2-13)7-9(17)15-12(14)16-10(7)20/h3,6,8,11,18-19,21H,2,4,13H2,1H3,(H3,14,15,16,20). The summed E-state index contributed by atoms with van der Waals surface area (Å²) >= 11 is 0. The molecule has 3 atom stereocenters. The number of nitrogens with two attached hydrogens (primary N) is 2. The van der Waals surface area contributed by atoms with E-state index in [1.165, 1.54) is 17.9 Å². The first-order chi connectivity index (χ1) is 10.4. The van der Waals surface area contributed by atoms with E-state index in [9.17, 15) is 15.0 Å². The van der Waals surface area contributed by atoms with Gasteiger partial charge in [-0.05, 0) is 5.56 Å². The molecule has 122 valence electrons. The first-order valence-electron chi connectivity index (χ1n) is 6.53. The molecule has 22 heavy (non-hydrogen) atoms. The number of H-pyrrole nitrogens is 1. The maximum atomic E-state index is 12.0. The highest BCUT2D eigenvalue weighted by Crippen LogP contribution is 2.23. The number of nitrogens with one attached hydrogen (secondary N) is 1. The van der Waals surface area contributed by atoms with Crippen LogP contribution in [0.5, 0.6) is 0 Å². The van der Waals surface area contributed by atoms with Crippen LogP contribution >= 0.6 is 0 Å². The van der Waals surface area contributed by atoms with E-state index in [-0.39, 0.29) is 23.5 Å². The Hall–Kier alpha value is -1.98. The second-order valence-electron chi connectivity index (χ2n) is 4.78. The van der Waals surface area contributed by atoms with Crippen LogP contribution in [-0.4, -0.2) is 55.8 Å². The lowest BCUT2D eigenvalue weighted by Gasteiger charge is -2.25. The summed E-state index contributed by atoms with van der Waals surface area (Å²) in [6.45, 7) is -0.456. The number of aliphatic hydroxyl groups excluding tert-OH is 3. The summed E-state index contributed by atoms with van der Waals surface area (Å²) in [5.41, 5.74) is 11.1. The molecule has 0 spiro atoms. The molecule has 0 bridgehead atoms. The van der Waals surface area contributed by atoms with Crippen molar-refractivity contribution in [3.05, 3.63) is 22.1 Å². The van der Waals surface area contributed by atoms with Gasteiger partial charge in [-0.3, -0.25) is 9.78 Å². The van der Waals surface area contributed by atoms with E-state index < -0.39 is 30.6 Å². The van der Waals surface area contributed by atoms with Gasteiger partial charge in [0.15, 0.2) is 11.9 Å². The molecule has 2 rings (SSSR count). The summed E-state index contributed by atoms with van der Waals surface area (Å²) in [6.07, 6.45) is -2.55. The van der Waals surface area contributed by atoms with Crippen molar-refractivity contribution in [3.8, 4) is 0 Å². The zero-order valence-corrected chi connectivity index (χ0v) is 11.9. The minimum Gasteiger partial charge on any atom is -0.394 e. The van der Waals surface area contributed by atoms with Crippen LogP contribution < -0.4 is 17.0 Å². The zero-order chi connectivity index (χ0) is 16.4. The van der Waals surface area contributed by atoms with Gasteiger partial charge in [0.1, 0.15) is 12.2 Å². The zero-order valence-electron chi connectivity index (χ0n) is 11.9. The fraction of sp³-hybridized carbons (Fsp3) is 0.500. The Morgan fingerprint density at radius 3 is 2.73 bits per heavy atom. The van der Waals surface area contributed by atoms with Crippen molar-refractivity contribution in [1.29, 1.82) is 0 Å². The van der Waals surface area contributed by atoms with Gasteiger partial charge in [0.25, 0.3) is 5.56 Å². The SMILES string of the molecule is COC(CO)C(O)C(O)n1cc(CN)c2c(=O)[nH]c(N)nc21. The van der Waals surface area contributed by atoms with Crippen molar-refractivity contribution >= 4 is 17.0 Å². The number of anilines is 1. The van der Waals surface area contributed by atoms with Crippen molar-refractivity contribution in [2.45, 2.75) is 25.0 Å². The maximum absolute atomic E-state index is 12.0. The molecule has 2 aromatic rings. The number of fused-ring (bicyclic) bond motifs is 1. The van der Waals surface area contributed by atoms with E-state index in [0.717, 1.165) is 0 Å². The summed E-state index contributed by atoms with van der Waals surface area (Å²) in [5.74, 6) is -0.132. The molecule has 3 unspecified atom stereocenters. The fourth-order valence-electron chi connectivity index (χ4n) is 2.28. The highest BCUT2D eigenvalue weighted by Gasteiger charge is 2.29. The minimum absolute atomic E-state index is 0.0364. The van der Waals surface area contributed by atoms with Crippen LogP contribution in [0.4, 0.5) is 5.95 Å². The molecule has 10 nitrogen and oxygen atoms in total. The average Bonchev–Trinajstić information content (AvgIpc) is 2.86. The Kier molecular flexibility index (Phi) is 4.78. The molecule has 0 aromatic carbocycles. The predicted octanol–water partition coefficient (Wildman–Crippen LogP) is -2.38. The number of aromatic nitrogens is 3. The molecule has 2 aromatic heterocycles. The van der Waals surface area contributed by atoms with Gasteiger partial charge in [-0.2, -0.15) is 4.98 Å². The largest absolute Gasteiger partial charge is 0.394 e. The van der Waals surface area contributed by atoms with Gasteiger partial charge < -0.3 is 36.1 Å². The van der Waals surface area contributed by atoms with Crippen molar-refractivity contribution in [2.75, 3.05) is 19.5 Å². The number of hydrogen-bond acceptors (Lipinski definition) is 8. The number of nitrogens with zero attached hydrogens (tertiary/aromatic N) is 2. The van der Waals surface area contributed by atoms with Crippen LogP contribution in [0, 0.1) is 0 Å². The number of nitrogen functional groups attached to an aromatic ring is 1. The molecule has 0 saturated heterocycles. The molecule has 0 saturated carbocycles. The van der Waals surface area contributed by atoms with E-state index in [4.69, 9.17) is 21.3 Å². The molecule has 0 aliphatic rings. The summed E-state index contributed by atoms with van der Waals surface area (Å²) in [5, 5.41) is 29.7. The normalized spacial score (nSPS) is 15.9. The van der Waals surface area contributed by atoms with E-state index in [1.807, 2.05) is 0 Å².